The van der Waals surface area contributed by atoms with Crippen LogP contribution in [0.2, 0.25) is 0 Å². The van der Waals surface area contributed by atoms with Crippen LogP contribution < -0.4 is 0 Å². The van der Waals surface area contributed by atoms with E-state index in [-0.39, 0.29) is 5.82 Å². The van der Waals surface area contributed by atoms with Gasteiger partial charge in [0.15, 0.2) is 0 Å². The van der Waals surface area contributed by atoms with Crippen LogP contribution in [0.4, 0.5) is 4.39 Å². The van der Waals surface area contributed by atoms with Gasteiger partial charge in [0.25, 0.3) is 0 Å². The first-order valence-corrected chi connectivity index (χ1v) is 4.07. The van der Waals surface area contributed by atoms with E-state index < -0.39 is 0 Å². The van der Waals surface area contributed by atoms with Crippen LogP contribution in [-0.4, -0.2) is 12.3 Å². The van der Waals surface area contributed by atoms with E-state index in [2.05, 4.69) is 4.99 Å². The van der Waals surface area contributed by atoms with Gasteiger partial charge in [-0.2, -0.15) is 0 Å². The van der Waals surface area contributed by atoms with E-state index in [9.17, 15) is 4.39 Å². The molecule has 0 N–H and O–H groups in total. The predicted molar refractivity (Wildman–Crippen MR) is 47.2 cm³/mol. The average molecular weight is 163 g/mol. The zero-order chi connectivity index (χ0) is 8.55. The van der Waals surface area contributed by atoms with Crippen molar-refractivity contribution in [1.82, 2.24) is 0 Å². The molecule has 1 aromatic carbocycles. The van der Waals surface area contributed by atoms with Crippen molar-refractivity contribution in [2.75, 3.05) is 6.54 Å². The molecule has 0 aromatic heterocycles. The molecule has 1 aliphatic rings. The van der Waals surface area contributed by atoms with Gasteiger partial charge in [-0.05, 0) is 31.0 Å². The second kappa shape index (κ2) is 2.70. The Labute approximate surface area is 70.9 Å². The lowest BCUT2D eigenvalue weighted by atomic mass is 9.98. The van der Waals surface area contributed by atoms with Gasteiger partial charge >= 0.3 is 0 Å². The molecular weight excluding hydrogens is 153 g/mol. The fraction of sp³-hybridized carbons (Fsp3) is 0.300. The van der Waals surface area contributed by atoms with Crippen LogP contribution in [0.1, 0.15) is 18.1 Å². The fourth-order valence-electron chi connectivity index (χ4n) is 1.53. The summed E-state index contributed by atoms with van der Waals surface area (Å²) >= 11 is 0. The van der Waals surface area contributed by atoms with Crippen LogP contribution >= 0.6 is 0 Å². The summed E-state index contributed by atoms with van der Waals surface area (Å²) in [5.41, 5.74) is 3.14. The Hall–Kier alpha value is -1.18. The summed E-state index contributed by atoms with van der Waals surface area (Å²) in [6.07, 6.45) is 0.937. The molecule has 1 aliphatic heterocycles. The fourth-order valence-corrected chi connectivity index (χ4v) is 1.53. The van der Waals surface area contributed by atoms with Crippen molar-refractivity contribution in [2.24, 2.45) is 4.99 Å². The van der Waals surface area contributed by atoms with Gasteiger partial charge < -0.3 is 0 Å². The highest BCUT2D eigenvalue weighted by atomic mass is 19.1. The summed E-state index contributed by atoms with van der Waals surface area (Å²) in [6.45, 7) is 2.77. The molecule has 1 nitrogen and oxygen atoms in total. The monoisotopic (exact) mass is 163 g/mol. The molecule has 0 bridgehead atoms. The lowest BCUT2D eigenvalue weighted by Gasteiger charge is -2.13. The number of benzene rings is 1. The van der Waals surface area contributed by atoms with Gasteiger partial charge in [0.2, 0.25) is 0 Å². The van der Waals surface area contributed by atoms with Crippen molar-refractivity contribution in [3.05, 3.63) is 35.1 Å². The van der Waals surface area contributed by atoms with Crippen molar-refractivity contribution < 1.29 is 4.39 Å². The van der Waals surface area contributed by atoms with Crippen molar-refractivity contribution in [3.8, 4) is 0 Å². The molecule has 0 aliphatic carbocycles. The highest BCUT2D eigenvalue weighted by Gasteiger charge is 2.10. The molecule has 2 heteroatoms. The third-order valence-corrected chi connectivity index (χ3v) is 2.19. The summed E-state index contributed by atoms with van der Waals surface area (Å²) in [7, 11) is 0. The van der Waals surface area contributed by atoms with Gasteiger partial charge in [0, 0.05) is 17.8 Å². The van der Waals surface area contributed by atoms with Gasteiger partial charge in [-0.15, -0.1) is 0 Å². The van der Waals surface area contributed by atoms with E-state index in [0.717, 1.165) is 24.2 Å². The topological polar surface area (TPSA) is 12.4 Å². The number of halogens is 1. The van der Waals surface area contributed by atoms with Crippen molar-refractivity contribution >= 4 is 5.71 Å². The number of fused-ring (bicyclic) bond motifs is 1. The van der Waals surface area contributed by atoms with Crippen LogP contribution in [0.15, 0.2) is 23.2 Å². The molecule has 0 saturated carbocycles. The van der Waals surface area contributed by atoms with Gasteiger partial charge in [0.1, 0.15) is 5.82 Å². The minimum Gasteiger partial charge on any atom is -0.289 e. The number of hydrogen-bond donors (Lipinski definition) is 0. The Morgan fingerprint density at radius 1 is 1.42 bits per heavy atom. The van der Waals surface area contributed by atoms with Gasteiger partial charge in [-0.1, -0.05) is 6.07 Å². The van der Waals surface area contributed by atoms with E-state index in [4.69, 9.17) is 0 Å². The third kappa shape index (κ3) is 1.13. The third-order valence-electron chi connectivity index (χ3n) is 2.19. The van der Waals surface area contributed by atoms with Crippen LogP contribution in [0.5, 0.6) is 0 Å². The Morgan fingerprint density at radius 3 is 3.08 bits per heavy atom. The second-order valence-corrected chi connectivity index (χ2v) is 3.02. The molecule has 0 amide bonds. The Kier molecular flexibility index (Phi) is 1.68. The largest absolute Gasteiger partial charge is 0.289 e. The summed E-state index contributed by atoms with van der Waals surface area (Å²) < 4.78 is 12.8. The van der Waals surface area contributed by atoms with Crippen LogP contribution in [-0.2, 0) is 6.42 Å². The van der Waals surface area contributed by atoms with E-state index >= 15 is 0 Å². The number of nitrogens with zero attached hydrogens (tertiary/aromatic N) is 1. The maximum Gasteiger partial charge on any atom is 0.123 e. The quantitative estimate of drug-likeness (QED) is 0.556. The van der Waals surface area contributed by atoms with Crippen molar-refractivity contribution in [2.45, 2.75) is 13.3 Å². The van der Waals surface area contributed by atoms with E-state index in [0.29, 0.717) is 0 Å². The number of aliphatic imine (C=N–C) groups is 1. The van der Waals surface area contributed by atoms with Crippen LogP contribution in [0.3, 0.4) is 0 Å². The molecule has 0 fully saturated rings. The summed E-state index contributed by atoms with van der Waals surface area (Å²) in [4.78, 5) is 4.26. The lowest BCUT2D eigenvalue weighted by Crippen LogP contribution is -2.09. The first-order valence-electron chi connectivity index (χ1n) is 4.07. The van der Waals surface area contributed by atoms with E-state index in [1.807, 2.05) is 13.0 Å². The van der Waals surface area contributed by atoms with Gasteiger partial charge in [-0.3, -0.25) is 4.99 Å². The average Bonchev–Trinajstić information content (AvgIpc) is 2.07. The molecule has 2 rings (SSSR count). The zero-order valence-corrected chi connectivity index (χ0v) is 6.97. The maximum absolute atomic E-state index is 12.8. The summed E-state index contributed by atoms with van der Waals surface area (Å²) in [5.74, 6) is -0.176. The second-order valence-electron chi connectivity index (χ2n) is 3.02. The van der Waals surface area contributed by atoms with Crippen LogP contribution in [0, 0.1) is 5.82 Å². The molecule has 12 heavy (non-hydrogen) atoms. The zero-order valence-electron chi connectivity index (χ0n) is 6.97. The first kappa shape index (κ1) is 7.47. The molecule has 0 saturated heterocycles. The van der Waals surface area contributed by atoms with Crippen molar-refractivity contribution in [3.63, 3.8) is 0 Å². The SMILES string of the molecule is CC1=NCCc2ccc(F)cc21. The standard InChI is InChI=1S/C10H10FN/c1-7-10-6-9(11)3-2-8(10)4-5-12-7/h2-3,6H,4-5H2,1H3. The number of rotatable bonds is 0. The molecule has 0 radical (unpaired) electrons. The minimum atomic E-state index is -0.176. The summed E-state index contributed by atoms with van der Waals surface area (Å²) in [6, 6.07) is 4.92. The molecule has 1 heterocycles. The molecule has 0 spiro atoms. The molecule has 0 unspecified atom stereocenters. The molecular formula is C10H10FN. The van der Waals surface area contributed by atoms with E-state index in [1.54, 1.807) is 6.07 Å². The van der Waals surface area contributed by atoms with Crippen molar-refractivity contribution in [1.29, 1.82) is 0 Å². The first-order chi connectivity index (χ1) is 5.77. The van der Waals surface area contributed by atoms with Gasteiger partial charge in [0.05, 0.1) is 0 Å². The normalized spacial score (nSPS) is 15.3. The highest BCUT2D eigenvalue weighted by Crippen LogP contribution is 2.16. The van der Waals surface area contributed by atoms with Crippen LogP contribution in [0.25, 0.3) is 0 Å². The minimum absolute atomic E-state index is 0.176. The molecule has 62 valence electrons. The van der Waals surface area contributed by atoms with Gasteiger partial charge in [-0.25, -0.2) is 4.39 Å². The Morgan fingerprint density at radius 2 is 2.25 bits per heavy atom. The highest BCUT2D eigenvalue weighted by molar-refractivity contribution is 6.00. The Balaban J connectivity index is 2.58. The smallest absolute Gasteiger partial charge is 0.123 e. The summed E-state index contributed by atoms with van der Waals surface area (Å²) in [5, 5.41) is 0. The lowest BCUT2D eigenvalue weighted by molar-refractivity contribution is 0.626. The predicted octanol–water partition coefficient (Wildman–Crippen LogP) is 2.19. The molecule has 0 atom stereocenters. The molecule has 1 aromatic rings. The Bertz CT molecular complexity index is 342. The maximum atomic E-state index is 12.8. The van der Waals surface area contributed by atoms with E-state index in [1.165, 1.54) is 11.6 Å². The number of hydrogen-bond acceptors (Lipinski definition) is 1.